The lowest BCUT2D eigenvalue weighted by molar-refractivity contribution is -0.0521. The molecule has 3 aromatic carbocycles. The molecule has 6 N–H and O–H groups in total. The first kappa shape index (κ1) is 54.9. The van der Waals surface area contributed by atoms with Gasteiger partial charge in [0.05, 0.1) is 84.7 Å². The first-order valence-corrected chi connectivity index (χ1v) is 28.7. The minimum atomic E-state index is 0.0201. The van der Waals surface area contributed by atoms with Gasteiger partial charge in [0.1, 0.15) is 31.7 Å². The van der Waals surface area contributed by atoms with E-state index in [-0.39, 0.29) is 23.3 Å². The number of aromatic nitrogens is 6. The number of benzene rings is 3. The Balaban J connectivity index is 0.000000131. The second kappa shape index (κ2) is 21.7. The van der Waals surface area contributed by atoms with Gasteiger partial charge in [0.15, 0.2) is 0 Å². The lowest BCUT2D eigenvalue weighted by Gasteiger charge is -2.16. The fourth-order valence-corrected chi connectivity index (χ4v) is 14.3. The number of hydrogen-bond acceptors (Lipinski definition) is 17. The van der Waals surface area contributed by atoms with Crippen LogP contribution in [0, 0.1) is 0 Å². The van der Waals surface area contributed by atoms with E-state index in [2.05, 4.69) is 82.9 Å². The molecule has 0 unspecified atom stereocenters. The summed E-state index contributed by atoms with van der Waals surface area (Å²) >= 11 is 43.2. The predicted molar refractivity (Wildman–Crippen MR) is 321 cm³/mol. The third kappa shape index (κ3) is 10.4. The van der Waals surface area contributed by atoms with Crippen LogP contribution in [0.4, 0.5) is 17.8 Å². The number of ether oxygens (including phenoxy) is 3. The molecule has 23 heteroatoms. The highest BCUT2D eigenvalue weighted by Gasteiger charge is 2.30. The maximum Gasteiger partial charge on any atom is 0.221 e. The molecule has 9 heterocycles. The van der Waals surface area contributed by atoms with Crippen molar-refractivity contribution in [3.05, 3.63) is 111 Å². The molecular weight excluding hydrogens is 1160 g/mol. The molecule has 0 spiro atoms. The Hall–Kier alpha value is -5.44. The largest absolute Gasteiger partial charge is 0.491 e. The molecule has 14 nitrogen and oxygen atoms in total. The van der Waals surface area contributed by atoms with E-state index in [1.807, 2.05) is 6.07 Å². The van der Waals surface area contributed by atoms with Gasteiger partial charge in [-0.2, -0.15) is 0 Å². The SMILES string of the molecule is C=C(CC)c1cc2c(-c3c(Cl)cc(Cl)c4c3CCO4)nc(N)nc2s1.C=C(c1cc2c(-c3c(Cl)cc(Cl)c4c3CCO4)nc(N)nc2s1)N(C)OC.CC(C)(C)c1cc2c(-c3c(Cl)cc(Cl)c4c3CCO4)nc(N)nc2s1. The highest BCUT2D eigenvalue weighted by molar-refractivity contribution is 7.20. The lowest BCUT2D eigenvalue weighted by Crippen LogP contribution is -2.12. The van der Waals surface area contributed by atoms with Gasteiger partial charge in [0.2, 0.25) is 17.8 Å². The topological polar surface area (TPSA) is 196 Å². The molecule has 0 bridgehead atoms. The van der Waals surface area contributed by atoms with Gasteiger partial charge < -0.3 is 31.4 Å². The predicted octanol–water partition coefficient (Wildman–Crippen LogP) is 15.7. The van der Waals surface area contributed by atoms with E-state index in [1.165, 1.54) is 16.2 Å². The van der Waals surface area contributed by atoms with Crippen LogP contribution in [0.5, 0.6) is 17.2 Å². The van der Waals surface area contributed by atoms with Crippen molar-refractivity contribution in [3.8, 4) is 51.0 Å². The van der Waals surface area contributed by atoms with Gasteiger partial charge >= 0.3 is 0 Å². The molecule has 0 amide bonds. The first-order valence-electron chi connectivity index (χ1n) is 23.9. The fourth-order valence-electron chi connectivity index (χ4n) is 9.18. The summed E-state index contributed by atoms with van der Waals surface area (Å²) in [4.78, 5) is 37.6. The Labute approximate surface area is 485 Å². The molecular formula is C54H48Cl6N10O4S3. The summed E-state index contributed by atoms with van der Waals surface area (Å²) in [5.74, 6) is 2.66. The van der Waals surface area contributed by atoms with Crippen molar-refractivity contribution in [2.45, 2.75) is 58.8 Å². The number of fused-ring (bicyclic) bond motifs is 6. The zero-order valence-electron chi connectivity index (χ0n) is 42.3. The molecule has 398 valence electrons. The summed E-state index contributed by atoms with van der Waals surface area (Å²) in [6, 6.07) is 11.3. The van der Waals surface area contributed by atoms with Crippen molar-refractivity contribution >= 4 is 163 Å². The Morgan fingerprint density at radius 2 is 0.935 bits per heavy atom. The summed E-state index contributed by atoms with van der Waals surface area (Å²) in [5, 5.41) is 7.44. The summed E-state index contributed by atoms with van der Waals surface area (Å²) < 4.78 is 17.0. The van der Waals surface area contributed by atoms with Crippen LogP contribution >= 0.6 is 104 Å². The number of thiophene rings is 3. The summed E-state index contributed by atoms with van der Waals surface area (Å²) in [5.41, 5.74) is 27.2. The van der Waals surface area contributed by atoms with E-state index in [4.69, 9.17) is 106 Å². The van der Waals surface area contributed by atoms with Crippen LogP contribution in [0.1, 0.15) is 65.4 Å². The number of nitrogens with zero attached hydrogens (tertiary/aromatic N) is 7. The molecule has 77 heavy (non-hydrogen) atoms. The Kier molecular flexibility index (Phi) is 15.4. The van der Waals surface area contributed by atoms with Crippen LogP contribution in [0.2, 0.25) is 30.1 Å². The standard InChI is InChI=1S/C18H16Cl2N4O2S.C18H17Cl2N3OS.C18H15Cl2N3OS/c1-8(24(2)25-3)13-6-10-15(22-18(21)23-17(10)27-13)14-9-4-5-26-16(9)12(20)7-11(14)19;1-18(2,3)12-6-9-14(22-17(21)23-16(9)25-12)13-8-4-5-24-15(8)11(20)7-10(13)19;1-3-8(2)13-6-10-15(22-18(21)23-17(10)25-13)14-9-4-5-24-16(9)12(20)7-11(14)19/h6-7H,1,4-5H2,2-3H3,(H2,21,22,23);6-7H,4-5H2,1-3H3,(H2,21,22,23);6-7H,2-5H2,1H3,(H2,21,22,23). The van der Waals surface area contributed by atoms with Gasteiger partial charge in [-0.1, -0.05) is 110 Å². The van der Waals surface area contributed by atoms with Crippen molar-refractivity contribution in [3.63, 3.8) is 0 Å². The number of nitrogen functional groups attached to an aromatic ring is 3. The quantitative estimate of drug-likeness (QED) is 0.122. The highest BCUT2D eigenvalue weighted by atomic mass is 35.5. The number of nitrogens with two attached hydrogens (primary N) is 3. The maximum atomic E-state index is 6.56. The number of anilines is 3. The number of allylic oxidation sites excluding steroid dienone is 1. The van der Waals surface area contributed by atoms with E-state index < -0.39 is 0 Å². The monoisotopic (exact) mass is 1210 g/mol. The summed E-state index contributed by atoms with van der Waals surface area (Å²) in [6.07, 6.45) is 3.05. The van der Waals surface area contributed by atoms with Crippen molar-refractivity contribution in [2.75, 3.05) is 51.2 Å². The molecule has 6 aromatic heterocycles. The third-order valence-electron chi connectivity index (χ3n) is 13.0. The van der Waals surface area contributed by atoms with E-state index >= 15 is 0 Å². The normalized spacial score (nSPS) is 13.3. The molecule has 0 saturated carbocycles. The average Bonchev–Trinajstić information content (AvgIpc) is 4.35. The van der Waals surface area contributed by atoms with Gasteiger partial charge in [0, 0.05) is 85.6 Å². The average molecular weight is 1210 g/mol. The number of hydroxylamine groups is 2. The molecule has 0 atom stereocenters. The van der Waals surface area contributed by atoms with Gasteiger partial charge in [-0.3, -0.25) is 9.90 Å². The van der Waals surface area contributed by atoms with Gasteiger partial charge in [0.25, 0.3) is 0 Å². The Bertz CT molecular complexity index is 3910. The Morgan fingerprint density at radius 3 is 1.31 bits per heavy atom. The van der Waals surface area contributed by atoms with Gasteiger partial charge in [-0.25, -0.2) is 29.9 Å². The smallest absolute Gasteiger partial charge is 0.221 e. The van der Waals surface area contributed by atoms with Crippen LogP contribution in [0.3, 0.4) is 0 Å². The molecule has 0 radical (unpaired) electrons. The van der Waals surface area contributed by atoms with E-state index in [0.717, 1.165) is 110 Å². The van der Waals surface area contributed by atoms with Crippen LogP contribution in [0.25, 0.3) is 75.7 Å². The summed E-state index contributed by atoms with van der Waals surface area (Å²) in [7, 11) is 3.37. The minimum Gasteiger partial charge on any atom is -0.491 e. The van der Waals surface area contributed by atoms with Crippen LogP contribution in [-0.4, -0.2) is 68.9 Å². The Morgan fingerprint density at radius 1 is 0.571 bits per heavy atom. The van der Waals surface area contributed by atoms with E-state index in [9.17, 15) is 0 Å². The first-order chi connectivity index (χ1) is 36.6. The van der Waals surface area contributed by atoms with E-state index in [1.54, 1.807) is 60.1 Å². The molecule has 3 aliphatic rings. The van der Waals surface area contributed by atoms with Gasteiger partial charge in [-0.15, -0.1) is 34.0 Å². The van der Waals surface area contributed by atoms with Gasteiger partial charge in [-0.05, 0) is 53.8 Å². The molecule has 0 aliphatic carbocycles. The van der Waals surface area contributed by atoms with Crippen LogP contribution in [-0.2, 0) is 29.5 Å². The summed E-state index contributed by atoms with van der Waals surface area (Å²) in [6.45, 7) is 18.5. The molecule has 0 saturated heterocycles. The van der Waals surface area contributed by atoms with Crippen molar-refractivity contribution in [2.24, 2.45) is 0 Å². The maximum absolute atomic E-state index is 6.56. The highest BCUT2D eigenvalue weighted by Crippen LogP contribution is 2.50. The molecule has 9 aromatic rings. The molecule has 0 fully saturated rings. The minimum absolute atomic E-state index is 0.0201. The number of hydrogen-bond donors (Lipinski definition) is 3. The van der Waals surface area contributed by atoms with Crippen LogP contribution < -0.4 is 31.4 Å². The third-order valence-corrected chi connectivity index (χ3v) is 18.4. The van der Waals surface area contributed by atoms with Crippen LogP contribution in [0.15, 0.2) is 49.6 Å². The second-order valence-corrected chi connectivity index (χ2v) is 24.5. The second-order valence-electron chi connectivity index (χ2n) is 19.0. The molecule has 12 rings (SSSR count). The number of rotatable bonds is 8. The van der Waals surface area contributed by atoms with E-state index in [0.29, 0.717) is 85.0 Å². The van der Waals surface area contributed by atoms with Crippen molar-refractivity contribution < 1.29 is 19.0 Å². The zero-order valence-corrected chi connectivity index (χ0v) is 49.3. The zero-order chi connectivity index (χ0) is 54.9. The number of halogens is 6. The van der Waals surface area contributed by atoms with Crippen molar-refractivity contribution in [1.82, 2.24) is 35.0 Å². The van der Waals surface area contributed by atoms with Crippen molar-refractivity contribution in [1.29, 1.82) is 0 Å². The lowest BCUT2D eigenvalue weighted by atomic mass is 9.93. The molecule has 3 aliphatic heterocycles. The fraction of sp³-hybridized carbons (Fsp3) is 0.259.